The summed E-state index contributed by atoms with van der Waals surface area (Å²) < 4.78 is 11.7. The maximum atomic E-state index is 10.2. The summed E-state index contributed by atoms with van der Waals surface area (Å²) in [5.41, 5.74) is -0.848. The van der Waals surface area contributed by atoms with Crippen LogP contribution in [0.3, 0.4) is 0 Å². The van der Waals surface area contributed by atoms with Gasteiger partial charge in [0.15, 0.2) is 18.2 Å². The standard InChI is InChI=1S/C16H28O5/c1-9-5-4-6-13-11(3)14(17)20-15-16(13,21-18)12(9)8-7-10(2)19-15/h9-15,17-18H,4-8H2,1-3H3/t9-,10?,11?,12?,13?,14?,15?,16-/m1/s1. The Morgan fingerprint density at radius 2 is 1.76 bits per heavy atom. The Kier molecular flexibility index (Phi) is 4.32. The van der Waals surface area contributed by atoms with Crippen molar-refractivity contribution in [3.05, 3.63) is 0 Å². The molecule has 0 bridgehead atoms. The molecule has 21 heavy (non-hydrogen) atoms. The lowest BCUT2D eigenvalue weighted by atomic mass is 9.65. The molecule has 2 N–H and O–H groups in total. The molecular weight excluding hydrogens is 272 g/mol. The molecule has 0 spiro atoms. The molecule has 0 radical (unpaired) electrons. The predicted molar refractivity (Wildman–Crippen MR) is 76.3 cm³/mol. The van der Waals surface area contributed by atoms with Crippen LogP contribution in [0.4, 0.5) is 0 Å². The minimum Gasteiger partial charge on any atom is -0.368 e. The van der Waals surface area contributed by atoms with Crippen LogP contribution in [0, 0.1) is 23.7 Å². The van der Waals surface area contributed by atoms with E-state index in [-0.39, 0.29) is 23.9 Å². The van der Waals surface area contributed by atoms with E-state index in [9.17, 15) is 10.4 Å². The molecule has 2 aliphatic heterocycles. The summed E-state index contributed by atoms with van der Waals surface area (Å²) in [6.07, 6.45) is 3.52. The predicted octanol–water partition coefficient (Wildman–Crippen LogP) is 2.78. The molecule has 5 nitrogen and oxygen atoms in total. The van der Waals surface area contributed by atoms with Crippen molar-refractivity contribution in [1.29, 1.82) is 0 Å². The highest BCUT2D eigenvalue weighted by atomic mass is 17.1. The van der Waals surface area contributed by atoms with Crippen LogP contribution >= 0.6 is 0 Å². The summed E-state index contributed by atoms with van der Waals surface area (Å²) in [5, 5.41) is 20.1. The smallest absolute Gasteiger partial charge is 0.193 e. The van der Waals surface area contributed by atoms with E-state index in [4.69, 9.17) is 14.4 Å². The third kappa shape index (κ3) is 2.34. The first-order valence-corrected chi connectivity index (χ1v) is 8.32. The monoisotopic (exact) mass is 300 g/mol. The van der Waals surface area contributed by atoms with Gasteiger partial charge in [-0.25, -0.2) is 4.89 Å². The Balaban J connectivity index is 2.07. The van der Waals surface area contributed by atoms with Crippen molar-refractivity contribution in [1.82, 2.24) is 0 Å². The average molecular weight is 300 g/mol. The van der Waals surface area contributed by atoms with Gasteiger partial charge < -0.3 is 14.6 Å². The highest BCUT2D eigenvalue weighted by Crippen LogP contribution is 2.54. The average Bonchev–Trinajstić information content (AvgIpc) is 2.68. The second kappa shape index (κ2) is 5.78. The maximum absolute atomic E-state index is 10.2. The van der Waals surface area contributed by atoms with E-state index in [2.05, 4.69) is 6.92 Å². The summed E-state index contributed by atoms with van der Waals surface area (Å²) in [7, 11) is 0. The highest BCUT2D eigenvalue weighted by Gasteiger charge is 2.63. The highest BCUT2D eigenvalue weighted by molar-refractivity contribution is 5.05. The lowest BCUT2D eigenvalue weighted by molar-refractivity contribution is -0.451. The molecule has 3 rings (SSSR count). The molecule has 6 unspecified atom stereocenters. The first-order valence-electron chi connectivity index (χ1n) is 8.32. The quantitative estimate of drug-likeness (QED) is 0.576. The maximum Gasteiger partial charge on any atom is 0.193 e. The summed E-state index contributed by atoms with van der Waals surface area (Å²) >= 11 is 0. The van der Waals surface area contributed by atoms with Crippen molar-refractivity contribution in [2.24, 2.45) is 23.7 Å². The Hall–Kier alpha value is -0.200. The fourth-order valence-electron chi connectivity index (χ4n) is 4.91. The van der Waals surface area contributed by atoms with Crippen molar-refractivity contribution < 1.29 is 24.7 Å². The van der Waals surface area contributed by atoms with Gasteiger partial charge in [-0.3, -0.25) is 5.26 Å². The first-order chi connectivity index (χ1) is 10.0. The van der Waals surface area contributed by atoms with Gasteiger partial charge in [-0.15, -0.1) is 0 Å². The van der Waals surface area contributed by atoms with Gasteiger partial charge >= 0.3 is 0 Å². The first kappa shape index (κ1) is 15.7. The molecule has 0 aromatic carbocycles. The lowest BCUT2D eigenvalue weighted by Gasteiger charge is -2.53. The molecule has 122 valence electrons. The van der Waals surface area contributed by atoms with Crippen LogP contribution < -0.4 is 0 Å². The van der Waals surface area contributed by atoms with E-state index in [0.717, 1.165) is 32.1 Å². The van der Waals surface area contributed by atoms with E-state index < -0.39 is 18.2 Å². The van der Waals surface area contributed by atoms with Gasteiger partial charge in [0.2, 0.25) is 0 Å². The third-order valence-electron chi connectivity index (χ3n) is 6.13. The van der Waals surface area contributed by atoms with E-state index in [0.29, 0.717) is 5.92 Å². The van der Waals surface area contributed by atoms with Crippen LogP contribution in [0.15, 0.2) is 0 Å². The van der Waals surface area contributed by atoms with Crippen molar-refractivity contribution >= 4 is 0 Å². The molecular formula is C16H28O5. The molecule has 2 saturated heterocycles. The van der Waals surface area contributed by atoms with Gasteiger partial charge in [-0.05, 0) is 38.0 Å². The Morgan fingerprint density at radius 1 is 1.00 bits per heavy atom. The zero-order valence-electron chi connectivity index (χ0n) is 13.2. The van der Waals surface area contributed by atoms with E-state index in [1.54, 1.807) is 0 Å². The number of hydrogen-bond donors (Lipinski definition) is 2. The van der Waals surface area contributed by atoms with Gasteiger partial charge in [-0.1, -0.05) is 26.7 Å². The molecule has 3 aliphatic rings. The van der Waals surface area contributed by atoms with Crippen molar-refractivity contribution in [3.8, 4) is 0 Å². The topological polar surface area (TPSA) is 68.2 Å². The minimum absolute atomic E-state index is 0.0439. The molecule has 5 heteroatoms. The molecule has 1 saturated carbocycles. The lowest BCUT2D eigenvalue weighted by Crippen LogP contribution is -2.65. The van der Waals surface area contributed by atoms with Gasteiger partial charge in [0.25, 0.3) is 0 Å². The number of ether oxygens (including phenoxy) is 2. The van der Waals surface area contributed by atoms with Gasteiger partial charge in [0.1, 0.15) is 0 Å². The molecule has 8 atom stereocenters. The Bertz CT molecular complexity index is 372. The molecule has 0 aromatic rings. The van der Waals surface area contributed by atoms with Gasteiger partial charge in [0, 0.05) is 11.8 Å². The van der Waals surface area contributed by atoms with Crippen LogP contribution in [0.25, 0.3) is 0 Å². The molecule has 3 fully saturated rings. The largest absolute Gasteiger partial charge is 0.368 e. The molecule has 2 heterocycles. The summed E-state index contributed by atoms with van der Waals surface area (Å²) in [5.74, 6) is 0.624. The zero-order chi connectivity index (χ0) is 15.2. The van der Waals surface area contributed by atoms with E-state index in [1.165, 1.54) is 0 Å². The van der Waals surface area contributed by atoms with Crippen LogP contribution in [-0.2, 0) is 14.4 Å². The summed E-state index contributed by atoms with van der Waals surface area (Å²) in [6, 6.07) is 0. The Labute approximate surface area is 126 Å². The third-order valence-corrected chi connectivity index (χ3v) is 6.13. The second-order valence-corrected chi connectivity index (χ2v) is 7.31. The van der Waals surface area contributed by atoms with Crippen LogP contribution in [0.2, 0.25) is 0 Å². The van der Waals surface area contributed by atoms with Crippen molar-refractivity contribution in [2.75, 3.05) is 0 Å². The van der Waals surface area contributed by atoms with E-state index >= 15 is 0 Å². The number of hydrogen-bond acceptors (Lipinski definition) is 5. The van der Waals surface area contributed by atoms with Crippen LogP contribution in [-0.4, -0.2) is 34.6 Å². The Morgan fingerprint density at radius 3 is 2.48 bits per heavy atom. The number of aliphatic hydroxyl groups excluding tert-OH is 1. The summed E-state index contributed by atoms with van der Waals surface area (Å²) in [4.78, 5) is 5.19. The van der Waals surface area contributed by atoms with Crippen molar-refractivity contribution in [2.45, 2.75) is 77.2 Å². The molecule has 1 aliphatic carbocycles. The second-order valence-electron chi connectivity index (χ2n) is 7.31. The summed E-state index contributed by atoms with van der Waals surface area (Å²) in [6.45, 7) is 6.23. The SMILES string of the molecule is CC1CCC2[C@H](C)CCCC3C(C)C(O)OC(O1)[C@]32OO. The fraction of sp³-hybridized carbons (Fsp3) is 1.00. The normalized spacial score (nSPS) is 54.4. The fourth-order valence-corrected chi connectivity index (χ4v) is 4.91. The van der Waals surface area contributed by atoms with Crippen LogP contribution in [0.5, 0.6) is 0 Å². The van der Waals surface area contributed by atoms with Gasteiger partial charge in [0.05, 0.1) is 6.10 Å². The van der Waals surface area contributed by atoms with E-state index in [1.807, 2.05) is 13.8 Å². The van der Waals surface area contributed by atoms with Crippen molar-refractivity contribution in [3.63, 3.8) is 0 Å². The molecule has 0 aromatic heterocycles. The number of rotatable bonds is 1. The number of aliphatic hydroxyl groups is 1. The van der Waals surface area contributed by atoms with Crippen LogP contribution in [0.1, 0.15) is 52.9 Å². The van der Waals surface area contributed by atoms with Gasteiger partial charge in [-0.2, -0.15) is 0 Å². The molecule has 0 amide bonds. The minimum atomic E-state index is -0.859. The zero-order valence-corrected chi connectivity index (χ0v) is 13.2.